The Balaban J connectivity index is 2.53. The Morgan fingerprint density at radius 2 is 1.59 bits per heavy atom. The summed E-state index contributed by atoms with van der Waals surface area (Å²) in [7, 11) is 0. The van der Waals surface area contributed by atoms with Gasteiger partial charge in [0.05, 0.1) is 0 Å². The van der Waals surface area contributed by atoms with Crippen LogP contribution in [0.4, 0.5) is 0 Å². The molecule has 3 aromatic rings. The molecule has 0 bridgehead atoms. The predicted octanol–water partition coefficient (Wildman–Crippen LogP) is 2.99. The topological polar surface area (TPSA) is 0 Å². The SMILES string of the molecule is Clc1ccc2cc3ccc[c]([Zn])c3cc2[c]1[Zn]. The molecule has 0 radical (unpaired) electrons. The predicted molar refractivity (Wildman–Crippen MR) is 65.7 cm³/mol. The fourth-order valence-electron chi connectivity index (χ4n) is 2.20. The number of fused-ring (bicyclic) bond motifs is 2. The Bertz CT molecular complexity index is 735. The molecule has 0 atom stereocenters. The van der Waals surface area contributed by atoms with Crippen molar-refractivity contribution in [3.63, 3.8) is 0 Å². The van der Waals surface area contributed by atoms with Gasteiger partial charge in [-0.2, -0.15) is 0 Å². The molecule has 3 aromatic carbocycles. The molecule has 3 heteroatoms. The Morgan fingerprint density at radius 3 is 2.41 bits per heavy atom. The van der Waals surface area contributed by atoms with Crippen molar-refractivity contribution in [1.82, 2.24) is 0 Å². The number of hydrogen-bond acceptors (Lipinski definition) is 0. The normalized spacial score (nSPS) is 11.4. The maximum absolute atomic E-state index is 6.22. The third-order valence-electron chi connectivity index (χ3n) is 3.16. The van der Waals surface area contributed by atoms with Gasteiger partial charge < -0.3 is 0 Å². The van der Waals surface area contributed by atoms with Crippen LogP contribution in [0.25, 0.3) is 21.5 Å². The van der Waals surface area contributed by atoms with Crippen LogP contribution in [0.2, 0.25) is 5.02 Å². The molecule has 0 aromatic heterocycles. The van der Waals surface area contributed by atoms with Crippen molar-refractivity contribution in [3.8, 4) is 0 Å². The molecule has 0 saturated heterocycles. The van der Waals surface area contributed by atoms with Crippen molar-refractivity contribution in [2.24, 2.45) is 0 Å². The van der Waals surface area contributed by atoms with E-state index >= 15 is 0 Å². The molecule has 17 heavy (non-hydrogen) atoms. The van der Waals surface area contributed by atoms with Gasteiger partial charge >= 0.3 is 126 Å². The summed E-state index contributed by atoms with van der Waals surface area (Å²) in [5.41, 5.74) is 0. The molecule has 0 N–H and O–H groups in total. The van der Waals surface area contributed by atoms with Crippen molar-refractivity contribution in [1.29, 1.82) is 0 Å². The summed E-state index contributed by atoms with van der Waals surface area (Å²) >= 11 is 8.51. The first-order valence-corrected chi connectivity index (χ1v) is 8.80. The summed E-state index contributed by atoms with van der Waals surface area (Å²) in [5.74, 6) is 0. The van der Waals surface area contributed by atoms with Gasteiger partial charge in [0.15, 0.2) is 0 Å². The molecular weight excluding hydrogens is 334 g/mol. The Labute approximate surface area is 125 Å². The van der Waals surface area contributed by atoms with Crippen molar-refractivity contribution < 1.29 is 36.6 Å². The Hall–Kier alpha value is -0.283. The van der Waals surface area contributed by atoms with Gasteiger partial charge in [-0.15, -0.1) is 0 Å². The minimum absolute atomic E-state index is 0.904. The van der Waals surface area contributed by atoms with E-state index in [1.165, 1.54) is 48.2 Å². The molecule has 0 aliphatic rings. The zero-order valence-electron chi connectivity index (χ0n) is 9.33. The van der Waals surface area contributed by atoms with E-state index in [2.05, 4.69) is 36.4 Å². The molecule has 0 heterocycles. The van der Waals surface area contributed by atoms with Crippen molar-refractivity contribution >= 4 is 41.5 Å². The fraction of sp³-hybridized carbons (Fsp3) is 0. The summed E-state index contributed by atoms with van der Waals surface area (Å²) in [5, 5.41) is 6.25. The first-order chi connectivity index (χ1) is 8.16. The van der Waals surface area contributed by atoms with Gasteiger partial charge in [-0.05, 0) is 0 Å². The third-order valence-corrected chi connectivity index (χ3v) is 6.88. The summed E-state index contributed by atoms with van der Waals surface area (Å²) in [6.45, 7) is 0. The first-order valence-electron chi connectivity index (χ1n) is 5.46. The van der Waals surface area contributed by atoms with Gasteiger partial charge in [0.1, 0.15) is 0 Å². The van der Waals surface area contributed by atoms with Crippen LogP contribution in [0.1, 0.15) is 0 Å². The molecule has 0 aliphatic heterocycles. The van der Waals surface area contributed by atoms with Crippen LogP contribution in [0.3, 0.4) is 0 Å². The molecule has 0 spiro atoms. The quantitative estimate of drug-likeness (QED) is 0.436. The summed E-state index contributed by atoms with van der Waals surface area (Å²) < 4.78 is 2.75. The Morgan fingerprint density at radius 1 is 0.824 bits per heavy atom. The van der Waals surface area contributed by atoms with E-state index in [-0.39, 0.29) is 0 Å². The minimum atomic E-state index is 0.904. The molecular formula is C14H7ClZn2. The fourth-order valence-corrected chi connectivity index (χ4v) is 4.18. The molecule has 0 amide bonds. The van der Waals surface area contributed by atoms with Gasteiger partial charge in [-0.1, -0.05) is 0 Å². The summed E-state index contributed by atoms with van der Waals surface area (Å²) in [4.78, 5) is 0. The maximum atomic E-state index is 6.22. The van der Waals surface area contributed by atoms with Crippen molar-refractivity contribution in [2.45, 2.75) is 0 Å². The standard InChI is InChI=1S/C14H7Cl.2Zn/c15-14-6-5-12-7-10-3-1-2-4-11(10)8-13(12)9-14;;/h1-3,5-8H;;. The summed E-state index contributed by atoms with van der Waals surface area (Å²) in [6.07, 6.45) is 0. The first kappa shape index (κ1) is 11.8. The van der Waals surface area contributed by atoms with Gasteiger partial charge in [-0.3, -0.25) is 0 Å². The number of rotatable bonds is 0. The van der Waals surface area contributed by atoms with Gasteiger partial charge in [0.25, 0.3) is 0 Å². The second kappa shape index (κ2) is 4.43. The Kier molecular flexibility index (Phi) is 3.07. The van der Waals surface area contributed by atoms with E-state index in [4.69, 9.17) is 11.6 Å². The van der Waals surface area contributed by atoms with Crippen LogP contribution in [0.5, 0.6) is 0 Å². The number of benzene rings is 3. The van der Waals surface area contributed by atoms with E-state index in [0.29, 0.717) is 0 Å². The van der Waals surface area contributed by atoms with Gasteiger partial charge in [0, 0.05) is 0 Å². The molecule has 0 aliphatic carbocycles. The molecule has 0 unspecified atom stereocenters. The molecule has 74 valence electrons. The zero-order chi connectivity index (χ0) is 12.0. The second-order valence-electron chi connectivity index (χ2n) is 4.24. The van der Waals surface area contributed by atoms with Crippen LogP contribution >= 0.6 is 11.6 Å². The second-order valence-corrected chi connectivity index (χ2v) is 7.73. The molecule has 0 nitrogen and oxygen atoms in total. The number of hydrogen-bond donors (Lipinski definition) is 0. The van der Waals surface area contributed by atoms with E-state index < -0.39 is 0 Å². The van der Waals surface area contributed by atoms with Crippen LogP contribution in [-0.4, -0.2) is 0 Å². The van der Waals surface area contributed by atoms with E-state index in [1.807, 2.05) is 6.07 Å². The van der Waals surface area contributed by atoms with Crippen molar-refractivity contribution in [2.75, 3.05) is 0 Å². The average molecular weight is 341 g/mol. The molecule has 0 saturated carbocycles. The average Bonchev–Trinajstić information content (AvgIpc) is 2.33. The van der Waals surface area contributed by atoms with Crippen LogP contribution in [-0.2, 0) is 36.6 Å². The monoisotopic (exact) mass is 338 g/mol. The van der Waals surface area contributed by atoms with Crippen LogP contribution in [0, 0.1) is 0 Å². The van der Waals surface area contributed by atoms with E-state index in [1.54, 1.807) is 0 Å². The van der Waals surface area contributed by atoms with Gasteiger partial charge in [0.2, 0.25) is 0 Å². The van der Waals surface area contributed by atoms with Crippen molar-refractivity contribution in [3.05, 3.63) is 47.5 Å². The van der Waals surface area contributed by atoms with E-state index in [0.717, 1.165) is 23.3 Å². The molecule has 0 fully saturated rings. The number of halogens is 1. The van der Waals surface area contributed by atoms with E-state index in [9.17, 15) is 0 Å². The third kappa shape index (κ3) is 1.97. The summed E-state index contributed by atoms with van der Waals surface area (Å²) in [6, 6.07) is 15.3. The van der Waals surface area contributed by atoms with Crippen LogP contribution in [0.15, 0.2) is 42.5 Å². The zero-order valence-corrected chi connectivity index (χ0v) is 16.0. The molecule has 3 rings (SSSR count). The van der Waals surface area contributed by atoms with Gasteiger partial charge in [-0.25, -0.2) is 0 Å². The van der Waals surface area contributed by atoms with Crippen LogP contribution < -0.4 is 8.32 Å².